The molecule has 5 nitrogen and oxygen atoms in total. The van der Waals surface area contributed by atoms with Gasteiger partial charge in [0, 0.05) is 47.6 Å². The van der Waals surface area contributed by atoms with Gasteiger partial charge in [0.1, 0.15) is 5.75 Å². The largest absolute Gasteiger partial charge is 0.493 e. The topological polar surface area (TPSA) is 63.5 Å². The van der Waals surface area contributed by atoms with Gasteiger partial charge in [-0.2, -0.15) is 0 Å². The van der Waals surface area contributed by atoms with E-state index in [1.807, 2.05) is 0 Å². The fourth-order valence-corrected chi connectivity index (χ4v) is 6.72. The summed E-state index contributed by atoms with van der Waals surface area (Å²) in [7, 11) is 0. The fraction of sp³-hybridized carbons (Fsp3) is 0.667. The lowest BCUT2D eigenvalue weighted by molar-refractivity contribution is 0.0952. The van der Waals surface area contributed by atoms with Crippen LogP contribution in [0.15, 0.2) is 18.2 Å². The minimum absolute atomic E-state index is 0.0196. The van der Waals surface area contributed by atoms with E-state index in [1.165, 1.54) is 67.3 Å². The highest BCUT2D eigenvalue weighted by atomic mass is 16.5. The van der Waals surface area contributed by atoms with E-state index in [0.29, 0.717) is 12.5 Å². The van der Waals surface area contributed by atoms with Crippen LogP contribution in [0, 0.1) is 12.8 Å². The van der Waals surface area contributed by atoms with Crippen LogP contribution in [0.4, 0.5) is 0 Å². The highest BCUT2D eigenvalue weighted by molar-refractivity contribution is 5.97. The van der Waals surface area contributed by atoms with E-state index in [9.17, 15) is 4.79 Å². The van der Waals surface area contributed by atoms with Crippen molar-refractivity contribution in [1.29, 1.82) is 0 Å². The third-order valence-corrected chi connectivity index (χ3v) is 9.34. The van der Waals surface area contributed by atoms with Crippen molar-refractivity contribution in [3.63, 3.8) is 0 Å². The number of carbonyl (C=O) groups is 1. The molecule has 5 heteroatoms. The number of rotatable bonds is 9. The zero-order valence-corrected chi connectivity index (χ0v) is 24.1. The van der Waals surface area contributed by atoms with Crippen molar-refractivity contribution in [2.75, 3.05) is 19.8 Å². The first-order chi connectivity index (χ1) is 18.2. The SMILES string of the molecule is Cc1c(C(=O)NCCCCCO)cc(-c2cc(C(C)(C)C)c3c(c2)C2(CCO3)CC2)n1CC1CCCCC1. The predicted molar refractivity (Wildman–Crippen MR) is 154 cm³/mol. The van der Waals surface area contributed by atoms with E-state index < -0.39 is 0 Å². The molecule has 0 atom stereocenters. The van der Waals surface area contributed by atoms with Crippen LogP contribution in [0.3, 0.4) is 0 Å². The second kappa shape index (κ2) is 11.1. The molecule has 2 aromatic rings. The summed E-state index contributed by atoms with van der Waals surface area (Å²) in [6, 6.07) is 6.90. The number of amides is 1. The van der Waals surface area contributed by atoms with Crippen LogP contribution in [0.25, 0.3) is 11.3 Å². The Hall–Kier alpha value is -2.27. The summed E-state index contributed by atoms with van der Waals surface area (Å²) in [4.78, 5) is 13.4. The molecule has 1 aliphatic heterocycles. The quantitative estimate of drug-likeness (QED) is 0.348. The summed E-state index contributed by atoms with van der Waals surface area (Å²) >= 11 is 0. The molecule has 2 aliphatic carbocycles. The molecule has 3 aliphatic rings. The maximum absolute atomic E-state index is 13.4. The zero-order chi connectivity index (χ0) is 26.9. The molecule has 208 valence electrons. The molecule has 2 heterocycles. The Bertz CT molecular complexity index is 1130. The van der Waals surface area contributed by atoms with Gasteiger partial charge in [-0.15, -0.1) is 0 Å². The molecule has 2 fully saturated rings. The molecule has 1 amide bonds. The molecule has 1 aromatic carbocycles. The zero-order valence-electron chi connectivity index (χ0n) is 24.1. The summed E-state index contributed by atoms with van der Waals surface area (Å²) < 4.78 is 8.80. The lowest BCUT2D eigenvalue weighted by atomic mass is 9.79. The Morgan fingerprint density at radius 3 is 2.53 bits per heavy atom. The average molecular weight is 521 g/mol. The first-order valence-corrected chi connectivity index (χ1v) is 15.1. The number of nitrogens with zero attached hydrogens (tertiary/aromatic N) is 1. The van der Waals surface area contributed by atoms with E-state index in [2.05, 4.69) is 55.8 Å². The number of unbranched alkanes of at least 4 members (excludes halogenated alkanes) is 2. The van der Waals surface area contributed by atoms with Crippen molar-refractivity contribution in [3.8, 4) is 17.0 Å². The van der Waals surface area contributed by atoms with Crippen molar-refractivity contribution < 1.29 is 14.6 Å². The van der Waals surface area contributed by atoms with Crippen molar-refractivity contribution in [1.82, 2.24) is 9.88 Å². The van der Waals surface area contributed by atoms with Gasteiger partial charge in [-0.3, -0.25) is 4.79 Å². The number of carbonyl (C=O) groups excluding carboxylic acids is 1. The fourth-order valence-electron chi connectivity index (χ4n) is 6.72. The molecule has 1 aromatic heterocycles. The van der Waals surface area contributed by atoms with E-state index in [1.54, 1.807) is 0 Å². The maximum atomic E-state index is 13.4. The maximum Gasteiger partial charge on any atom is 0.253 e. The molecule has 2 saturated carbocycles. The lowest BCUT2D eigenvalue weighted by Gasteiger charge is -2.33. The van der Waals surface area contributed by atoms with Crippen LogP contribution in [-0.2, 0) is 17.4 Å². The molecule has 5 rings (SSSR count). The van der Waals surface area contributed by atoms with Gasteiger partial charge < -0.3 is 19.7 Å². The van der Waals surface area contributed by atoms with E-state index in [0.717, 1.165) is 55.8 Å². The smallest absolute Gasteiger partial charge is 0.253 e. The second-order valence-electron chi connectivity index (χ2n) is 13.2. The summed E-state index contributed by atoms with van der Waals surface area (Å²) in [6.07, 6.45) is 12.7. The Morgan fingerprint density at radius 2 is 1.84 bits per heavy atom. The standard InChI is InChI=1S/C33H48N2O3/c1-23-26(31(37)34-16-9-6-10-17-36)21-29(35(23)22-24-11-7-5-8-12-24)25-19-27(32(2,3)4)30-28(20-25)33(13-14-33)15-18-38-30/h19-21,24,36H,5-18,22H2,1-4H3,(H,34,37). The summed E-state index contributed by atoms with van der Waals surface area (Å²) in [6.45, 7) is 11.6. The van der Waals surface area contributed by atoms with Crippen LogP contribution < -0.4 is 10.1 Å². The van der Waals surface area contributed by atoms with Crippen LogP contribution >= 0.6 is 0 Å². The van der Waals surface area contributed by atoms with Gasteiger partial charge in [0.2, 0.25) is 0 Å². The Morgan fingerprint density at radius 1 is 1.08 bits per heavy atom. The van der Waals surface area contributed by atoms with Gasteiger partial charge in [-0.05, 0) is 93.4 Å². The number of hydrogen-bond donors (Lipinski definition) is 2. The van der Waals surface area contributed by atoms with E-state index in [4.69, 9.17) is 9.84 Å². The summed E-state index contributed by atoms with van der Waals surface area (Å²) in [5.74, 6) is 1.81. The molecule has 0 unspecified atom stereocenters. The van der Waals surface area contributed by atoms with Gasteiger partial charge >= 0.3 is 0 Å². The second-order valence-corrected chi connectivity index (χ2v) is 13.2. The van der Waals surface area contributed by atoms with Crippen LogP contribution in [0.1, 0.15) is 119 Å². The van der Waals surface area contributed by atoms with Gasteiger partial charge in [-0.25, -0.2) is 0 Å². The number of fused-ring (bicyclic) bond motifs is 2. The Balaban J connectivity index is 1.55. The Labute approximate surface area is 229 Å². The molecular formula is C33H48N2O3. The highest BCUT2D eigenvalue weighted by Gasteiger charge is 2.49. The third kappa shape index (κ3) is 5.54. The number of aromatic nitrogens is 1. The van der Waals surface area contributed by atoms with Crippen molar-refractivity contribution in [2.24, 2.45) is 5.92 Å². The van der Waals surface area contributed by atoms with Gasteiger partial charge in [-0.1, -0.05) is 40.0 Å². The summed E-state index contributed by atoms with van der Waals surface area (Å²) in [5, 5.41) is 12.2. The number of ether oxygens (including phenoxy) is 1. The lowest BCUT2D eigenvalue weighted by Crippen LogP contribution is -2.25. The molecule has 38 heavy (non-hydrogen) atoms. The highest BCUT2D eigenvalue weighted by Crippen LogP contribution is 2.58. The first kappa shape index (κ1) is 27.3. The van der Waals surface area contributed by atoms with Crippen molar-refractivity contribution in [2.45, 2.75) is 116 Å². The third-order valence-electron chi connectivity index (χ3n) is 9.34. The normalized spacial score (nSPS) is 18.8. The molecule has 0 bridgehead atoms. The number of aliphatic hydroxyl groups excluding tert-OH is 1. The first-order valence-electron chi connectivity index (χ1n) is 15.1. The van der Waals surface area contributed by atoms with Gasteiger partial charge in [0.05, 0.1) is 12.2 Å². The predicted octanol–water partition coefficient (Wildman–Crippen LogP) is 7.05. The van der Waals surface area contributed by atoms with Crippen molar-refractivity contribution in [3.05, 3.63) is 40.6 Å². The van der Waals surface area contributed by atoms with E-state index >= 15 is 0 Å². The minimum atomic E-state index is -0.0296. The molecular weight excluding hydrogens is 472 g/mol. The summed E-state index contributed by atoms with van der Waals surface area (Å²) in [5.41, 5.74) is 7.21. The molecule has 2 N–H and O–H groups in total. The van der Waals surface area contributed by atoms with Crippen LogP contribution in [-0.4, -0.2) is 35.3 Å². The van der Waals surface area contributed by atoms with Crippen LogP contribution in [0.5, 0.6) is 5.75 Å². The van der Waals surface area contributed by atoms with Gasteiger partial charge in [0.25, 0.3) is 5.91 Å². The number of hydrogen-bond acceptors (Lipinski definition) is 3. The number of aliphatic hydroxyl groups is 1. The molecule has 1 spiro atoms. The van der Waals surface area contributed by atoms with Crippen LogP contribution in [0.2, 0.25) is 0 Å². The van der Waals surface area contributed by atoms with Crippen molar-refractivity contribution >= 4 is 5.91 Å². The monoisotopic (exact) mass is 520 g/mol. The van der Waals surface area contributed by atoms with E-state index in [-0.39, 0.29) is 23.3 Å². The van der Waals surface area contributed by atoms with Gasteiger partial charge in [0.15, 0.2) is 0 Å². The molecule has 0 saturated heterocycles. The number of benzene rings is 1. The number of nitrogens with one attached hydrogen (secondary N) is 1. The average Bonchev–Trinajstić information content (AvgIpc) is 3.60. The minimum Gasteiger partial charge on any atom is -0.493 e. The molecule has 0 radical (unpaired) electrons. The Kier molecular flexibility index (Phi) is 7.96.